The molecule has 2 aromatic carbocycles. The van der Waals surface area contributed by atoms with Crippen LogP contribution in [0.2, 0.25) is 0 Å². The van der Waals surface area contributed by atoms with Crippen LogP contribution in [0.15, 0.2) is 60.9 Å². The van der Waals surface area contributed by atoms with E-state index in [1.165, 1.54) is 18.5 Å². The average molecular weight is 340 g/mol. The van der Waals surface area contributed by atoms with Crippen LogP contribution in [-0.4, -0.2) is 22.9 Å². The fourth-order valence-electron chi connectivity index (χ4n) is 2.21. The van der Waals surface area contributed by atoms with Gasteiger partial charge in [-0.15, -0.1) is 0 Å². The molecule has 25 heavy (non-hydrogen) atoms. The van der Waals surface area contributed by atoms with Gasteiger partial charge in [-0.2, -0.15) is 0 Å². The summed E-state index contributed by atoms with van der Waals surface area (Å²) in [6.45, 7) is 0. The monoisotopic (exact) mass is 340 g/mol. The smallest absolute Gasteiger partial charge is 0.274 e. The van der Waals surface area contributed by atoms with Crippen LogP contribution < -0.4 is 10.2 Å². The second-order valence-corrected chi connectivity index (χ2v) is 5.24. The van der Waals surface area contributed by atoms with E-state index < -0.39 is 17.5 Å². The van der Waals surface area contributed by atoms with E-state index in [2.05, 4.69) is 15.3 Å². The summed E-state index contributed by atoms with van der Waals surface area (Å²) in [4.78, 5) is 22.2. The maximum absolute atomic E-state index is 13.2. The van der Waals surface area contributed by atoms with Gasteiger partial charge in [-0.05, 0) is 24.3 Å². The van der Waals surface area contributed by atoms with Crippen molar-refractivity contribution in [2.45, 2.75) is 0 Å². The molecule has 1 amide bonds. The largest absolute Gasteiger partial charge is 0.329 e. The normalized spacial score (nSPS) is 10.4. The highest BCUT2D eigenvalue weighted by Gasteiger charge is 2.13. The molecule has 5 nitrogen and oxygen atoms in total. The Kier molecular flexibility index (Phi) is 4.65. The maximum atomic E-state index is 13.2. The van der Waals surface area contributed by atoms with Crippen LogP contribution in [0.5, 0.6) is 0 Å². The fourth-order valence-corrected chi connectivity index (χ4v) is 2.21. The maximum Gasteiger partial charge on any atom is 0.274 e. The highest BCUT2D eigenvalue weighted by atomic mass is 19.2. The molecule has 0 saturated heterocycles. The fraction of sp³-hybridized carbons (Fsp3) is 0.0556. The van der Waals surface area contributed by atoms with Gasteiger partial charge in [0.2, 0.25) is 0 Å². The molecule has 0 unspecified atom stereocenters. The molecule has 0 bridgehead atoms. The van der Waals surface area contributed by atoms with Crippen molar-refractivity contribution in [2.75, 3.05) is 17.3 Å². The zero-order valence-corrected chi connectivity index (χ0v) is 13.3. The molecule has 7 heteroatoms. The lowest BCUT2D eigenvalue weighted by Crippen LogP contribution is -2.17. The molecule has 3 aromatic rings. The Morgan fingerprint density at radius 3 is 2.48 bits per heavy atom. The van der Waals surface area contributed by atoms with Crippen LogP contribution in [0.25, 0.3) is 0 Å². The van der Waals surface area contributed by atoms with Gasteiger partial charge in [0.1, 0.15) is 17.8 Å². The van der Waals surface area contributed by atoms with E-state index in [1.54, 1.807) is 4.90 Å². The van der Waals surface area contributed by atoms with Gasteiger partial charge in [-0.1, -0.05) is 18.2 Å². The zero-order chi connectivity index (χ0) is 17.8. The van der Waals surface area contributed by atoms with Gasteiger partial charge in [-0.3, -0.25) is 4.79 Å². The van der Waals surface area contributed by atoms with E-state index in [4.69, 9.17) is 0 Å². The number of anilines is 3. The van der Waals surface area contributed by atoms with Crippen LogP contribution in [-0.2, 0) is 0 Å². The zero-order valence-electron chi connectivity index (χ0n) is 13.3. The molecule has 1 heterocycles. The number of benzene rings is 2. The van der Waals surface area contributed by atoms with Crippen LogP contribution in [0.1, 0.15) is 10.5 Å². The number of carbonyl (C=O) groups excluding carboxylic acids is 1. The van der Waals surface area contributed by atoms with Crippen LogP contribution in [0.4, 0.5) is 26.0 Å². The van der Waals surface area contributed by atoms with Gasteiger partial charge in [0.05, 0.1) is 0 Å². The summed E-state index contributed by atoms with van der Waals surface area (Å²) in [6, 6.07) is 14.1. The number of rotatable bonds is 4. The lowest BCUT2D eigenvalue weighted by Gasteiger charge is -2.18. The van der Waals surface area contributed by atoms with Gasteiger partial charge in [0.15, 0.2) is 11.6 Å². The van der Waals surface area contributed by atoms with Crippen LogP contribution >= 0.6 is 0 Å². The predicted molar refractivity (Wildman–Crippen MR) is 90.8 cm³/mol. The summed E-state index contributed by atoms with van der Waals surface area (Å²) < 4.78 is 26.2. The Bertz CT molecular complexity index is 903. The summed E-state index contributed by atoms with van der Waals surface area (Å²) in [7, 11) is 1.81. The third kappa shape index (κ3) is 3.77. The van der Waals surface area contributed by atoms with Crippen molar-refractivity contribution in [1.29, 1.82) is 0 Å². The predicted octanol–water partition coefficient (Wildman–Crippen LogP) is 3.78. The first-order valence-electron chi connectivity index (χ1n) is 7.42. The summed E-state index contributed by atoms with van der Waals surface area (Å²) in [6.07, 6.45) is 1.27. The third-order valence-corrected chi connectivity index (χ3v) is 3.55. The van der Waals surface area contributed by atoms with Crippen LogP contribution in [0, 0.1) is 11.6 Å². The number of halogens is 2. The molecule has 0 saturated carbocycles. The second kappa shape index (κ2) is 7.04. The molecule has 1 aromatic heterocycles. The molecule has 126 valence electrons. The Morgan fingerprint density at radius 2 is 1.76 bits per heavy atom. The van der Waals surface area contributed by atoms with E-state index in [9.17, 15) is 13.6 Å². The third-order valence-electron chi connectivity index (χ3n) is 3.55. The first kappa shape index (κ1) is 16.5. The second-order valence-electron chi connectivity index (χ2n) is 5.24. The summed E-state index contributed by atoms with van der Waals surface area (Å²) in [5.74, 6) is -2.04. The first-order chi connectivity index (χ1) is 12.0. The Labute approximate surface area is 143 Å². The molecule has 0 atom stereocenters. The Morgan fingerprint density at radius 1 is 1.00 bits per heavy atom. The van der Waals surface area contributed by atoms with Crippen molar-refractivity contribution in [1.82, 2.24) is 9.97 Å². The standard InChI is InChI=1S/C18H14F2N4O/c1-24(13-5-3-2-4-6-13)17-10-16(21-11-22-17)18(25)23-12-7-8-14(19)15(20)9-12/h2-11H,1H3,(H,23,25). The molecule has 0 radical (unpaired) electrons. The van der Waals surface area contributed by atoms with Gasteiger partial charge in [0.25, 0.3) is 5.91 Å². The van der Waals surface area contributed by atoms with E-state index in [1.807, 2.05) is 37.4 Å². The minimum Gasteiger partial charge on any atom is -0.329 e. The average Bonchev–Trinajstić information content (AvgIpc) is 2.65. The van der Waals surface area contributed by atoms with Crippen molar-refractivity contribution in [2.24, 2.45) is 0 Å². The number of nitrogens with one attached hydrogen (secondary N) is 1. The number of aromatic nitrogens is 2. The molecule has 0 aliphatic carbocycles. The number of nitrogens with zero attached hydrogens (tertiary/aromatic N) is 3. The summed E-state index contributed by atoms with van der Waals surface area (Å²) in [5.41, 5.74) is 1.14. The molecule has 1 N–H and O–H groups in total. The lowest BCUT2D eigenvalue weighted by atomic mass is 10.2. The molecule has 0 spiro atoms. The Hall–Kier alpha value is -3.35. The van der Waals surface area contributed by atoms with Gasteiger partial charge >= 0.3 is 0 Å². The highest BCUT2D eigenvalue weighted by Crippen LogP contribution is 2.21. The van der Waals surface area contributed by atoms with E-state index in [0.717, 1.165) is 17.8 Å². The van der Waals surface area contributed by atoms with Gasteiger partial charge < -0.3 is 10.2 Å². The number of para-hydroxylation sites is 1. The lowest BCUT2D eigenvalue weighted by molar-refractivity contribution is 0.102. The molecule has 0 aliphatic rings. The van der Waals surface area contributed by atoms with E-state index in [-0.39, 0.29) is 11.4 Å². The Balaban J connectivity index is 1.81. The van der Waals surface area contributed by atoms with E-state index >= 15 is 0 Å². The van der Waals surface area contributed by atoms with Crippen molar-refractivity contribution >= 4 is 23.1 Å². The topological polar surface area (TPSA) is 58.1 Å². The molecule has 3 rings (SSSR count). The number of hydrogen-bond acceptors (Lipinski definition) is 4. The van der Waals surface area contributed by atoms with Crippen molar-refractivity contribution in [3.63, 3.8) is 0 Å². The number of amides is 1. The minimum atomic E-state index is -1.04. The SMILES string of the molecule is CN(c1ccccc1)c1cc(C(=O)Nc2ccc(F)c(F)c2)ncn1. The highest BCUT2D eigenvalue weighted by molar-refractivity contribution is 6.03. The summed E-state index contributed by atoms with van der Waals surface area (Å²) in [5, 5.41) is 2.48. The number of carbonyl (C=O) groups is 1. The van der Waals surface area contributed by atoms with Crippen molar-refractivity contribution in [3.05, 3.63) is 78.3 Å². The molecule has 0 fully saturated rings. The van der Waals surface area contributed by atoms with Crippen LogP contribution in [0.3, 0.4) is 0 Å². The molecular formula is C18H14F2N4O. The van der Waals surface area contributed by atoms with E-state index in [0.29, 0.717) is 5.82 Å². The molecular weight excluding hydrogens is 326 g/mol. The molecule has 0 aliphatic heterocycles. The number of hydrogen-bond donors (Lipinski definition) is 1. The quantitative estimate of drug-likeness (QED) is 0.785. The van der Waals surface area contributed by atoms with Gasteiger partial charge in [-0.25, -0.2) is 18.7 Å². The summed E-state index contributed by atoms with van der Waals surface area (Å²) >= 11 is 0. The van der Waals surface area contributed by atoms with Crippen molar-refractivity contribution < 1.29 is 13.6 Å². The van der Waals surface area contributed by atoms with Crippen molar-refractivity contribution in [3.8, 4) is 0 Å². The first-order valence-corrected chi connectivity index (χ1v) is 7.42. The minimum absolute atomic E-state index is 0.109. The van der Waals surface area contributed by atoms with Gasteiger partial charge in [0, 0.05) is 30.6 Å².